The van der Waals surface area contributed by atoms with Gasteiger partial charge in [0.25, 0.3) is 0 Å². The van der Waals surface area contributed by atoms with Crippen LogP contribution in [0.1, 0.15) is 6.99 Å². The van der Waals surface area contributed by atoms with E-state index < -0.39 is 16.8 Å². The van der Waals surface area contributed by atoms with Crippen LogP contribution in [-0.4, -0.2) is 56.3 Å². The Balaban J connectivity index is 0.00000190. The first-order valence-electron chi connectivity index (χ1n) is 10.9. The van der Waals surface area contributed by atoms with E-state index in [1.54, 1.807) is 41.5 Å². The number of carboxylic acid groups (broad SMARTS) is 1. The number of benzene rings is 2. The molecule has 2 aliphatic heterocycles. The van der Waals surface area contributed by atoms with Crippen molar-refractivity contribution in [3.05, 3.63) is 77.5 Å². The molecule has 0 radical (unpaired) electrons. The molecule has 3 atom stereocenters. The van der Waals surface area contributed by atoms with Crippen molar-refractivity contribution in [2.24, 2.45) is 0 Å². The fraction of sp³-hybridized carbons (Fsp3) is 0.240. The molecule has 2 aliphatic rings. The number of thioether (sulfide) groups is 2. The first-order chi connectivity index (χ1) is 16.9. The summed E-state index contributed by atoms with van der Waals surface area (Å²) in [5.74, 6) is -0.568. The summed E-state index contributed by atoms with van der Waals surface area (Å²) < 4.78 is 4.31. The molecule has 0 bridgehead atoms. The molecule has 0 spiro atoms. The van der Waals surface area contributed by atoms with E-state index in [2.05, 4.69) is 5.32 Å². The summed E-state index contributed by atoms with van der Waals surface area (Å²) in [6.07, 6.45) is 1.71. The molecular weight excluding hydrogens is 531 g/mol. The summed E-state index contributed by atoms with van der Waals surface area (Å²) in [6.45, 7) is 0.0551. The van der Waals surface area contributed by atoms with Crippen LogP contribution >= 0.6 is 35.1 Å². The van der Waals surface area contributed by atoms with Gasteiger partial charge in [0.1, 0.15) is 21.9 Å². The van der Waals surface area contributed by atoms with Gasteiger partial charge in [-0.15, -0.1) is 23.5 Å². The molecule has 2 saturated heterocycles. The van der Waals surface area contributed by atoms with Gasteiger partial charge in [-0.2, -0.15) is 0 Å². The number of hydrogen-bond donors (Lipinski definition) is 2. The number of carbonyl (C=O) groups is 3. The van der Waals surface area contributed by atoms with Gasteiger partial charge in [-0.1, -0.05) is 41.9 Å². The maximum atomic E-state index is 12.9. The number of carboxylic acids is 1. The van der Waals surface area contributed by atoms with E-state index in [1.807, 2.05) is 30.3 Å². The van der Waals surface area contributed by atoms with Crippen molar-refractivity contribution in [1.82, 2.24) is 10.2 Å². The first kappa shape index (κ1) is 27.2. The molecule has 2 fully saturated rings. The number of carbonyl (C=O) groups excluding carboxylic acids is 2. The predicted octanol–water partition coefficient (Wildman–Crippen LogP) is 1.27. The van der Waals surface area contributed by atoms with Crippen LogP contribution in [0.25, 0.3) is 11.3 Å². The number of hydrogen-bond acceptors (Lipinski definition) is 6. The molecule has 7 nitrogen and oxygen atoms in total. The van der Waals surface area contributed by atoms with Gasteiger partial charge in [-0.3, -0.25) is 14.4 Å². The van der Waals surface area contributed by atoms with E-state index in [-0.39, 0.29) is 66.9 Å². The number of halogens is 1. The molecule has 0 saturated carbocycles. The number of β-lactam (4-membered cyclic amide) rings is 1. The normalized spacial score (nSPS) is 22.7. The van der Waals surface area contributed by atoms with E-state index >= 15 is 0 Å². The molecule has 3 aromatic rings. The molecule has 1 aromatic heterocycles. The fourth-order valence-corrected chi connectivity index (χ4v) is 7.29. The Morgan fingerprint density at radius 3 is 2.64 bits per heavy atom. The zero-order valence-electron chi connectivity index (χ0n) is 20.3. The van der Waals surface area contributed by atoms with Crippen molar-refractivity contribution in [3.63, 3.8) is 0 Å². The van der Waals surface area contributed by atoms with Crippen LogP contribution in [0.4, 0.5) is 0 Å². The summed E-state index contributed by atoms with van der Waals surface area (Å²) in [5.41, 5.74) is 1.60. The van der Waals surface area contributed by atoms with Crippen LogP contribution in [0.3, 0.4) is 0 Å². The Morgan fingerprint density at radius 2 is 1.94 bits per heavy atom. The zero-order valence-corrected chi connectivity index (χ0v) is 23.7. The van der Waals surface area contributed by atoms with Gasteiger partial charge in [0.2, 0.25) is 11.8 Å². The van der Waals surface area contributed by atoms with Gasteiger partial charge in [0.05, 0.1) is 12.7 Å². The van der Waals surface area contributed by atoms with Crippen LogP contribution < -0.4 is 34.9 Å². The summed E-state index contributed by atoms with van der Waals surface area (Å²) in [4.78, 5) is 40.2. The third-order valence-electron chi connectivity index (χ3n) is 6.02. The average molecular weight is 553 g/mol. The Hall–Kier alpha value is -1.88. The van der Waals surface area contributed by atoms with Gasteiger partial charge in [0, 0.05) is 27.8 Å². The summed E-state index contributed by atoms with van der Waals surface area (Å²) >= 11 is 8.50. The Morgan fingerprint density at radius 1 is 1.19 bits per heavy atom. The zero-order chi connectivity index (χ0) is 24.6. The van der Waals surface area contributed by atoms with Crippen molar-refractivity contribution in [1.29, 1.82) is 0 Å². The Labute approximate surface area is 245 Å². The van der Waals surface area contributed by atoms with Gasteiger partial charge in [-0.25, -0.2) is 0 Å². The number of fused-ring (bicyclic) bond motifs is 1. The molecule has 2 aromatic carbocycles. The molecule has 36 heavy (non-hydrogen) atoms. The monoisotopic (exact) mass is 552 g/mol. The quantitative estimate of drug-likeness (QED) is 0.336. The minimum atomic E-state index is -1.22. The molecule has 2 N–H and O–H groups in total. The summed E-state index contributed by atoms with van der Waals surface area (Å²) in [7, 11) is 0. The molecule has 2 amide bonds. The number of furan rings is 1. The van der Waals surface area contributed by atoms with Crippen molar-refractivity contribution >= 4 is 52.9 Å². The maximum Gasteiger partial charge on any atom is 1.00 e. The van der Waals surface area contributed by atoms with Crippen LogP contribution in [0, 0.1) is 0 Å². The summed E-state index contributed by atoms with van der Waals surface area (Å²) in [6, 6.07) is 17.4. The number of nitrogens with zero attached hydrogens (tertiary/aromatic N) is 1. The second kappa shape index (κ2) is 11.2. The van der Waals surface area contributed by atoms with Crippen LogP contribution in [-0.2, 0) is 20.8 Å². The van der Waals surface area contributed by atoms with E-state index in [9.17, 15) is 19.5 Å². The minimum Gasteiger partial charge on any atom is -1.00 e. The Kier molecular flexibility index (Phi) is 8.49. The smallest absolute Gasteiger partial charge is 1.00 e. The Bertz CT molecular complexity index is 1280. The predicted molar refractivity (Wildman–Crippen MR) is 137 cm³/mol. The van der Waals surface area contributed by atoms with Crippen molar-refractivity contribution in [2.75, 3.05) is 12.3 Å². The third kappa shape index (κ3) is 5.37. The second-order valence-corrected chi connectivity index (χ2v) is 11.4. The third-order valence-corrected chi connectivity index (χ3v) is 9.39. The minimum absolute atomic E-state index is 0. The molecule has 2 unspecified atom stereocenters. The van der Waals surface area contributed by atoms with E-state index in [1.165, 1.54) is 23.5 Å². The topological polar surface area (TPSA) is 99.9 Å². The van der Waals surface area contributed by atoms with Crippen molar-refractivity contribution in [2.45, 2.75) is 27.5 Å². The van der Waals surface area contributed by atoms with Gasteiger partial charge in [0.15, 0.2) is 0 Å². The molecule has 5 rings (SSSR count). The molecule has 3 heterocycles. The van der Waals surface area contributed by atoms with E-state index in [0.717, 1.165) is 16.0 Å². The van der Waals surface area contributed by atoms with Crippen molar-refractivity contribution < 1.29 is 54.9 Å². The number of amides is 2. The number of rotatable bonds is 7. The molecule has 11 heteroatoms. The van der Waals surface area contributed by atoms with Crippen molar-refractivity contribution in [3.8, 4) is 11.3 Å². The first-order valence-corrected chi connectivity index (χ1v) is 13.1. The SMILES string of the molecule is O=C(Cc1ccc(Cl)cc1)NC1C(=O)N2CC(Sc3ccccc3-c3ccco3)(C(=O)O)CS[C@H]12.[H-].[Na+]. The van der Waals surface area contributed by atoms with Gasteiger partial charge < -0.3 is 21.2 Å². The maximum absolute atomic E-state index is 12.9. The largest absolute Gasteiger partial charge is 1.00 e. The van der Waals surface area contributed by atoms with E-state index in [4.69, 9.17) is 16.0 Å². The number of nitrogens with one attached hydrogen (secondary N) is 1. The average Bonchev–Trinajstić information content (AvgIpc) is 3.39. The summed E-state index contributed by atoms with van der Waals surface area (Å²) in [5, 5.41) is 13.3. The van der Waals surface area contributed by atoms with Crippen LogP contribution in [0.2, 0.25) is 5.02 Å². The van der Waals surface area contributed by atoms with Crippen LogP contribution in [0.5, 0.6) is 0 Å². The molecule has 0 aliphatic carbocycles. The van der Waals surface area contributed by atoms with Gasteiger partial charge >= 0.3 is 35.5 Å². The van der Waals surface area contributed by atoms with Crippen LogP contribution in [0.15, 0.2) is 76.2 Å². The molecule has 182 valence electrons. The van der Waals surface area contributed by atoms with E-state index in [0.29, 0.717) is 10.8 Å². The fourth-order valence-electron chi connectivity index (χ4n) is 4.20. The second-order valence-electron chi connectivity index (χ2n) is 8.39. The number of aliphatic carboxylic acids is 1. The molecular formula is C25H22ClN2NaO5S2. The van der Waals surface area contributed by atoms with Gasteiger partial charge in [-0.05, 0) is 35.9 Å². The standard InChI is InChI=1S/C25H21ClN2O5S2.Na.H/c26-16-9-7-15(8-10-16)12-20(29)27-21-22(30)28-13-25(24(31)32,14-34-23(21)28)35-19-6-2-1-4-17(19)18-5-3-11-33-18;;/h1-11,21,23H,12-14H2,(H,27,29)(H,31,32);;/q;+1;-1/t21?,23-,25?;;/m1../s1.